The summed E-state index contributed by atoms with van der Waals surface area (Å²) < 4.78 is 0. The van der Waals surface area contributed by atoms with Gasteiger partial charge in [0.1, 0.15) is 0 Å². The number of rotatable bonds is 0. The van der Waals surface area contributed by atoms with E-state index in [9.17, 15) is 0 Å². The number of aromatic nitrogens is 3. The summed E-state index contributed by atoms with van der Waals surface area (Å²) in [5.41, 5.74) is 0. The van der Waals surface area contributed by atoms with Gasteiger partial charge in [-0.05, 0) is 12.7 Å². The third kappa shape index (κ3) is 1.29. The second kappa shape index (κ2) is 3.01. The summed E-state index contributed by atoms with van der Waals surface area (Å²) in [6, 6.07) is 0. The Morgan fingerprint density at radius 2 is 1.67 bits per heavy atom. The zero-order chi connectivity index (χ0) is 3.54. The monoisotopic (exact) mass is 255 g/mol. The predicted molar refractivity (Wildman–Crippen MR) is 15.4 cm³/mol. The molecule has 0 spiro atoms. The van der Waals surface area contributed by atoms with Gasteiger partial charge in [-0.1, -0.05) is 0 Å². The summed E-state index contributed by atoms with van der Waals surface area (Å²) in [4.78, 5) is 3.50. The maximum absolute atomic E-state index is 3.50. The standard InChI is InChI=1S/C2H2N3.Re/c1-3-2-5-4-1;/h1-2H;/q-1;. The molecule has 0 fully saturated rings. The van der Waals surface area contributed by atoms with Crippen LogP contribution in [0.15, 0.2) is 12.7 Å². The van der Waals surface area contributed by atoms with Crippen molar-refractivity contribution >= 4 is 0 Å². The van der Waals surface area contributed by atoms with Crippen LogP contribution in [-0.4, -0.2) is 10.2 Å². The molecule has 1 heterocycles. The summed E-state index contributed by atoms with van der Waals surface area (Å²) >= 11 is 0. The summed E-state index contributed by atoms with van der Waals surface area (Å²) in [5, 5.41) is 6.72. The van der Waals surface area contributed by atoms with Crippen LogP contribution in [0.4, 0.5) is 0 Å². The van der Waals surface area contributed by atoms with Gasteiger partial charge in [-0.3, -0.25) is 0 Å². The molecule has 1 rings (SSSR count). The Hall–Kier alpha value is -0.198. The van der Waals surface area contributed by atoms with Gasteiger partial charge in [0.2, 0.25) is 0 Å². The van der Waals surface area contributed by atoms with Gasteiger partial charge in [-0.15, -0.1) is 0 Å². The van der Waals surface area contributed by atoms with Crippen molar-refractivity contribution in [2.75, 3.05) is 0 Å². The first-order chi connectivity index (χ1) is 2.50. The SMILES string of the molecule is [Re].c1nnc[n-]1. The van der Waals surface area contributed by atoms with Crippen molar-refractivity contribution in [3.05, 3.63) is 12.7 Å². The molecule has 1 aromatic rings. The molecule has 0 aromatic carbocycles. The van der Waals surface area contributed by atoms with E-state index in [4.69, 9.17) is 0 Å². The number of nitrogens with zero attached hydrogens (tertiary/aromatic N) is 3. The fourth-order valence-corrected chi connectivity index (χ4v) is 0.149. The van der Waals surface area contributed by atoms with Gasteiger partial charge in [0.15, 0.2) is 0 Å². The molecule has 0 bridgehead atoms. The smallest absolute Gasteiger partial charge is 0 e. The van der Waals surface area contributed by atoms with Crippen LogP contribution in [0.25, 0.3) is 0 Å². The van der Waals surface area contributed by atoms with Crippen LogP contribution >= 0.6 is 0 Å². The van der Waals surface area contributed by atoms with Gasteiger partial charge in [-0.25, -0.2) is 0 Å². The molecule has 1 aromatic heterocycles. The van der Waals surface area contributed by atoms with E-state index < -0.39 is 0 Å². The quantitative estimate of drug-likeness (QED) is 0.622. The molecule has 1 radical (unpaired) electrons. The summed E-state index contributed by atoms with van der Waals surface area (Å²) in [6.07, 6.45) is 2.78. The fraction of sp³-hybridized carbons (Fsp3) is 0. The summed E-state index contributed by atoms with van der Waals surface area (Å²) in [6.45, 7) is 0. The van der Waals surface area contributed by atoms with Crippen LogP contribution in [0.3, 0.4) is 0 Å². The van der Waals surface area contributed by atoms with Crippen LogP contribution < -0.4 is 4.98 Å². The third-order valence-electron chi connectivity index (χ3n) is 0.303. The molecule has 4 heteroatoms. The molecule has 0 atom stereocenters. The molecule has 6 heavy (non-hydrogen) atoms. The molecule has 0 amide bonds. The normalized spacial score (nSPS) is 6.67. The molecule has 0 unspecified atom stereocenters. The first-order valence-electron chi connectivity index (χ1n) is 1.23. The molecule has 0 aliphatic heterocycles. The Labute approximate surface area is 48.8 Å². The Bertz CT molecular complexity index is 65.3. The van der Waals surface area contributed by atoms with Crippen molar-refractivity contribution in [3.8, 4) is 0 Å². The average molecular weight is 254 g/mol. The van der Waals surface area contributed by atoms with Crippen LogP contribution in [0.2, 0.25) is 0 Å². The predicted octanol–water partition coefficient (Wildman–Crippen LogP) is -0.569. The Morgan fingerprint density at radius 1 is 1.17 bits per heavy atom. The van der Waals surface area contributed by atoms with E-state index >= 15 is 0 Å². The van der Waals surface area contributed by atoms with Crippen molar-refractivity contribution in [3.63, 3.8) is 0 Å². The zero-order valence-corrected chi connectivity index (χ0v) is 5.59. The van der Waals surface area contributed by atoms with E-state index in [0.29, 0.717) is 0 Å². The van der Waals surface area contributed by atoms with Gasteiger partial charge in [0, 0.05) is 20.4 Å². The average Bonchev–Trinajstić information content (AvgIpc) is 1.76. The Morgan fingerprint density at radius 3 is 1.83 bits per heavy atom. The second-order valence-corrected chi connectivity index (χ2v) is 0.611. The van der Waals surface area contributed by atoms with Gasteiger partial charge < -0.3 is 15.2 Å². The number of hydrogen-bond acceptors (Lipinski definition) is 2. The van der Waals surface area contributed by atoms with Crippen molar-refractivity contribution in [1.29, 1.82) is 0 Å². The fourth-order valence-electron chi connectivity index (χ4n) is 0.149. The molecular formula is C2H2N3Re-. The first-order valence-corrected chi connectivity index (χ1v) is 1.23. The van der Waals surface area contributed by atoms with Crippen LogP contribution in [0, 0.1) is 0 Å². The maximum Gasteiger partial charge on any atom is 0 e. The molecule has 3 nitrogen and oxygen atoms in total. The van der Waals surface area contributed by atoms with E-state index in [1.807, 2.05) is 0 Å². The molecule has 0 aliphatic rings. The minimum absolute atomic E-state index is 0. The summed E-state index contributed by atoms with van der Waals surface area (Å²) in [5.74, 6) is 0. The molecule has 33 valence electrons. The van der Waals surface area contributed by atoms with Crippen molar-refractivity contribution < 1.29 is 20.4 Å². The van der Waals surface area contributed by atoms with Crippen molar-refractivity contribution in [1.82, 2.24) is 15.2 Å². The summed E-state index contributed by atoms with van der Waals surface area (Å²) in [7, 11) is 0. The maximum atomic E-state index is 3.50. The van der Waals surface area contributed by atoms with Crippen LogP contribution in [0.1, 0.15) is 0 Å². The van der Waals surface area contributed by atoms with E-state index in [2.05, 4.69) is 15.2 Å². The van der Waals surface area contributed by atoms with E-state index in [0.717, 1.165) is 0 Å². The van der Waals surface area contributed by atoms with Gasteiger partial charge in [0.05, 0.1) is 0 Å². The second-order valence-electron chi connectivity index (χ2n) is 0.611. The zero-order valence-electron chi connectivity index (χ0n) is 2.87. The number of hydrogen-bond donors (Lipinski definition) is 0. The van der Waals surface area contributed by atoms with Crippen molar-refractivity contribution in [2.45, 2.75) is 0 Å². The third-order valence-corrected chi connectivity index (χ3v) is 0.303. The molecule has 0 N–H and O–H groups in total. The van der Waals surface area contributed by atoms with Crippen molar-refractivity contribution in [2.24, 2.45) is 0 Å². The minimum atomic E-state index is 0. The molecule has 0 saturated carbocycles. The van der Waals surface area contributed by atoms with Crippen LogP contribution in [0.5, 0.6) is 0 Å². The molecule has 0 aliphatic carbocycles. The van der Waals surface area contributed by atoms with E-state index in [-0.39, 0.29) is 20.4 Å². The Balaban J connectivity index is 0.000000250. The first kappa shape index (κ1) is 5.80. The van der Waals surface area contributed by atoms with Gasteiger partial charge in [0.25, 0.3) is 0 Å². The molecule has 0 saturated heterocycles. The molecular weight excluding hydrogens is 252 g/mol. The largest absolute Gasteiger partial charge is 0.374 e. The topological polar surface area (TPSA) is 39.9 Å². The van der Waals surface area contributed by atoms with E-state index in [1.165, 1.54) is 12.7 Å². The Kier molecular flexibility index (Phi) is 2.91. The van der Waals surface area contributed by atoms with Gasteiger partial charge in [-0.2, -0.15) is 0 Å². The minimum Gasteiger partial charge on any atom is -0.374 e. The van der Waals surface area contributed by atoms with Crippen LogP contribution in [-0.2, 0) is 20.4 Å². The van der Waals surface area contributed by atoms with E-state index in [1.54, 1.807) is 0 Å². The van der Waals surface area contributed by atoms with Gasteiger partial charge >= 0.3 is 0 Å².